The second-order valence-electron chi connectivity index (χ2n) is 8.19. The lowest BCUT2D eigenvalue weighted by atomic mass is 9.97. The van der Waals surface area contributed by atoms with Gasteiger partial charge in [0.1, 0.15) is 22.4 Å². The first-order valence-corrected chi connectivity index (χ1v) is 12.4. The van der Waals surface area contributed by atoms with Crippen LogP contribution in [-0.2, 0) is 21.4 Å². The van der Waals surface area contributed by atoms with E-state index in [9.17, 15) is 22.0 Å². The van der Waals surface area contributed by atoms with Crippen molar-refractivity contribution in [1.29, 1.82) is 0 Å². The van der Waals surface area contributed by atoms with Crippen molar-refractivity contribution in [3.8, 4) is 0 Å². The number of amides is 1. The molecule has 7 nitrogen and oxygen atoms in total. The van der Waals surface area contributed by atoms with E-state index in [2.05, 4.69) is 14.9 Å². The van der Waals surface area contributed by atoms with Gasteiger partial charge in [-0.2, -0.15) is 4.31 Å². The molecule has 0 radical (unpaired) electrons. The van der Waals surface area contributed by atoms with Crippen LogP contribution < -0.4 is 5.32 Å². The number of fused-ring (bicyclic) bond motifs is 1. The normalized spacial score (nSPS) is 16.7. The number of aryl methyl sites for hydroxylation is 1. The molecule has 0 bridgehead atoms. The zero-order valence-electron chi connectivity index (χ0n) is 18.5. The summed E-state index contributed by atoms with van der Waals surface area (Å²) in [5, 5.41) is 3.00. The highest BCUT2D eigenvalue weighted by atomic mass is 32.2. The standard InChI is InChI=1S/C23H26F2N4O3S/c1-3-29-20-7-5-4-6-19(20)27-22(29)15(2)26-23(30)16-10-12-28(13-11-16)33(31,32)21-14-17(24)8-9-18(21)25/h4-9,14-16H,3,10-13H2,1-2H3,(H,26,30). The third kappa shape index (κ3) is 4.49. The van der Waals surface area contributed by atoms with E-state index in [-0.39, 0.29) is 31.0 Å². The fourth-order valence-electron chi connectivity index (χ4n) is 4.33. The molecule has 33 heavy (non-hydrogen) atoms. The fraction of sp³-hybridized carbons (Fsp3) is 0.391. The smallest absolute Gasteiger partial charge is 0.246 e. The van der Waals surface area contributed by atoms with Crippen molar-refractivity contribution >= 4 is 27.0 Å². The van der Waals surface area contributed by atoms with Crippen LogP contribution in [0.5, 0.6) is 0 Å². The summed E-state index contributed by atoms with van der Waals surface area (Å²) in [6, 6.07) is 9.81. The number of nitrogens with zero attached hydrogens (tertiary/aromatic N) is 3. The van der Waals surface area contributed by atoms with E-state index in [0.29, 0.717) is 25.5 Å². The summed E-state index contributed by atoms with van der Waals surface area (Å²) in [6.45, 7) is 4.71. The largest absolute Gasteiger partial charge is 0.346 e. The maximum absolute atomic E-state index is 14.0. The van der Waals surface area contributed by atoms with Crippen molar-refractivity contribution in [3.63, 3.8) is 0 Å². The molecule has 10 heteroatoms. The number of benzene rings is 2. The van der Waals surface area contributed by atoms with Crippen LogP contribution >= 0.6 is 0 Å². The Labute approximate surface area is 191 Å². The highest BCUT2D eigenvalue weighted by molar-refractivity contribution is 7.89. The molecule has 1 aliphatic rings. The highest BCUT2D eigenvalue weighted by Gasteiger charge is 2.34. The molecule has 1 N–H and O–H groups in total. The van der Waals surface area contributed by atoms with E-state index in [4.69, 9.17) is 0 Å². The molecule has 1 fully saturated rings. The van der Waals surface area contributed by atoms with E-state index in [1.807, 2.05) is 38.1 Å². The van der Waals surface area contributed by atoms with Crippen molar-refractivity contribution in [3.05, 3.63) is 59.9 Å². The van der Waals surface area contributed by atoms with Crippen molar-refractivity contribution in [2.45, 2.75) is 44.2 Å². The van der Waals surface area contributed by atoms with E-state index in [1.165, 1.54) is 0 Å². The van der Waals surface area contributed by atoms with Crippen LogP contribution in [0.25, 0.3) is 11.0 Å². The lowest BCUT2D eigenvalue weighted by Crippen LogP contribution is -2.43. The number of aromatic nitrogens is 2. The number of nitrogens with one attached hydrogen (secondary N) is 1. The van der Waals surface area contributed by atoms with Gasteiger partial charge in [0, 0.05) is 25.6 Å². The minimum absolute atomic E-state index is 0.0538. The van der Waals surface area contributed by atoms with E-state index < -0.39 is 26.6 Å². The molecule has 1 atom stereocenters. The van der Waals surface area contributed by atoms with Gasteiger partial charge in [-0.1, -0.05) is 12.1 Å². The first-order chi connectivity index (χ1) is 15.7. The third-order valence-corrected chi connectivity index (χ3v) is 8.00. The number of carbonyl (C=O) groups is 1. The first kappa shape index (κ1) is 23.3. The second-order valence-corrected chi connectivity index (χ2v) is 10.1. The second kappa shape index (κ2) is 9.18. The Bertz CT molecular complexity index is 1280. The lowest BCUT2D eigenvalue weighted by Gasteiger charge is -2.31. The number of hydrogen-bond acceptors (Lipinski definition) is 4. The molecule has 3 aromatic rings. The van der Waals surface area contributed by atoms with Crippen molar-refractivity contribution in [2.75, 3.05) is 13.1 Å². The molecule has 1 aliphatic heterocycles. The van der Waals surface area contributed by atoms with Gasteiger partial charge in [0.15, 0.2) is 0 Å². The average Bonchev–Trinajstić information content (AvgIpc) is 3.19. The summed E-state index contributed by atoms with van der Waals surface area (Å²) in [5.74, 6) is -1.62. The van der Waals surface area contributed by atoms with Crippen LogP contribution in [0.1, 0.15) is 38.6 Å². The predicted molar refractivity (Wildman–Crippen MR) is 120 cm³/mol. The quantitative estimate of drug-likeness (QED) is 0.589. The molecular weight excluding hydrogens is 450 g/mol. The van der Waals surface area contributed by atoms with E-state index in [1.54, 1.807) is 0 Å². The summed E-state index contributed by atoms with van der Waals surface area (Å²) in [7, 11) is -4.18. The molecule has 2 heterocycles. The zero-order valence-corrected chi connectivity index (χ0v) is 19.3. The Kier molecular flexibility index (Phi) is 6.49. The number of imidazole rings is 1. The van der Waals surface area contributed by atoms with E-state index in [0.717, 1.165) is 33.3 Å². The van der Waals surface area contributed by atoms with Gasteiger partial charge in [0.05, 0.1) is 17.1 Å². The average molecular weight is 477 g/mol. The molecule has 4 rings (SSSR count). The number of para-hydroxylation sites is 2. The predicted octanol–water partition coefficient (Wildman–Crippen LogP) is 3.61. The summed E-state index contributed by atoms with van der Waals surface area (Å²) in [5.41, 5.74) is 1.86. The van der Waals surface area contributed by atoms with Crippen LogP contribution in [0, 0.1) is 17.6 Å². The SMILES string of the molecule is CCn1c(C(C)NC(=O)C2CCN(S(=O)(=O)c3cc(F)ccc3F)CC2)nc2ccccc21. The van der Waals surface area contributed by atoms with Crippen molar-refractivity contribution in [2.24, 2.45) is 5.92 Å². The van der Waals surface area contributed by atoms with Gasteiger partial charge in [-0.25, -0.2) is 22.2 Å². The summed E-state index contributed by atoms with van der Waals surface area (Å²) in [4.78, 5) is 16.9. The molecule has 0 spiro atoms. The number of rotatable bonds is 6. The number of carbonyl (C=O) groups excluding carboxylic acids is 1. The fourth-order valence-corrected chi connectivity index (χ4v) is 5.87. The minimum Gasteiger partial charge on any atom is -0.346 e. The maximum Gasteiger partial charge on any atom is 0.246 e. The highest BCUT2D eigenvalue weighted by Crippen LogP contribution is 2.27. The lowest BCUT2D eigenvalue weighted by molar-refractivity contribution is -0.126. The Balaban J connectivity index is 1.42. The molecule has 1 amide bonds. The summed E-state index contributed by atoms with van der Waals surface area (Å²) in [6.07, 6.45) is 0.581. The Morgan fingerprint density at radius 2 is 1.88 bits per heavy atom. The molecule has 0 saturated carbocycles. The van der Waals surface area contributed by atoms with Gasteiger partial charge in [0.2, 0.25) is 15.9 Å². The third-order valence-electron chi connectivity index (χ3n) is 6.08. The van der Waals surface area contributed by atoms with Crippen LogP contribution in [0.4, 0.5) is 8.78 Å². The van der Waals surface area contributed by atoms with Gasteiger partial charge >= 0.3 is 0 Å². The Morgan fingerprint density at radius 3 is 2.58 bits per heavy atom. The monoisotopic (exact) mass is 476 g/mol. The summed E-state index contributed by atoms with van der Waals surface area (Å²) >= 11 is 0. The minimum atomic E-state index is -4.18. The van der Waals surface area contributed by atoms with Crippen LogP contribution in [0.2, 0.25) is 0 Å². The number of piperidine rings is 1. The number of sulfonamides is 1. The summed E-state index contributed by atoms with van der Waals surface area (Å²) < 4.78 is 56.2. The van der Waals surface area contributed by atoms with Crippen LogP contribution in [0.15, 0.2) is 47.4 Å². The molecule has 0 aliphatic carbocycles. The van der Waals surface area contributed by atoms with Crippen LogP contribution in [0.3, 0.4) is 0 Å². The molecule has 1 unspecified atom stereocenters. The topological polar surface area (TPSA) is 84.3 Å². The van der Waals surface area contributed by atoms with Crippen LogP contribution in [-0.4, -0.2) is 41.3 Å². The van der Waals surface area contributed by atoms with Gasteiger partial charge in [0.25, 0.3) is 0 Å². The Morgan fingerprint density at radius 1 is 1.18 bits per heavy atom. The molecule has 2 aromatic carbocycles. The zero-order chi connectivity index (χ0) is 23.8. The number of hydrogen-bond donors (Lipinski definition) is 1. The first-order valence-electron chi connectivity index (χ1n) is 10.9. The maximum atomic E-state index is 14.0. The molecule has 1 saturated heterocycles. The Hall–Kier alpha value is -2.85. The van der Waals surface area contributed by atoms with Gasteiger partial charge < -0.3 is 9.88 Å². The van der Waals surface area contributed by atoms with E-state index >= 15 is 0 Å². The molecular formula is C23H26F2N4O3S. The number of halogens is 2. The van der Waals surface area contributed by atoms with Crippen molar-refractivity contribution < 1.29 is 22.0 Å². The molecule has 176 valence electrons. The van der Waals surface area contributed by atoms with Gasteiger partial charge in [-0.05, 0) is 57.0 Å². The molecule has 1 aromatic heterocycles. The van der Waals surface area contributed by atoms with Gasteiger partial charge in [-0.15, -0.1) is 0 Å². The van der Waals surface area contributed by atoms with Crippen molar-refractivity contribution in [1.82, 2.24) is 19.2 Å². The van der Waals surface area contributed by atoms with Gasteiger partial charge in [-0.3, -0.25) is 4.79 Å².